The van der Waals surface area contributed by atoms with Gasteiger partial charge in [0.15, 0.2) is 5.75 Å². The van der Waals surface area contributed by atoms with Crippen LogP contribution in [0.4, 0.5) is 0 Å². The minimum atomic E-state index is -3.51. The summed E-state index contributed by atoms with van der Waals surface area (Å²) in [5.41, 5.74) is 3.34. The summed E-state index contributed by atoms with van der Waals surface area (Å²) in [6.45, 7) is 4.99. The average Bonchev–Trinajstić information content (AvgIpc) is 3.27. The molecule has 0 aromatic carbocycles. The monoisotopic (exact) mass is 416 g/mol. The first kappa shape index (κ1) is 20.3. The molecule has 1 saturated carbocycles. The van der Waals surface area contributed by atoms with Gasteiger partial charge in [-0.15, -0.1) is 0 Å². The Morgan fingerprint density at radius 1 is 1.41 bits per heavy atom. The maximum absolute atomic E-state index is 12.2. The molecular weight excluding hydrogens is 388 g/mol. The van der Waals surface area contributed by atoms with Crippen molar-refractivity contribution < 1.29 is 13.5 Å². The van der Waals surface area contributed by atoms with E-state index in [9.17, 15) is 13.5 Å². The summed E-state index contributed by atoms with van der Waals surface area (Å²) in [6, 6.07) is 1.82. The van der Waals surface area contributed by atoms with Gasteiger partial charge in [-0.3, -0.25) is 0 Å². The van der Waals surface area contributed by atoms with Crippen LogP contribution in [-0.2, 0) is 10.0 Å². The summed E-state index contributed by atoms with van der Waals surface area (Å²) in [7, 11) is -3.51. The van der Waals surface area contributed by atoms with Crippen molar-refractivity contribution in [3.05, 3.63) is 35.9 Å². The van der Waals surface area contributed by atoms with E-state index in [0.717, 1.165) is 18.5 Å². The Bertz CT molecular complexity index is 993. The van der Waals surface area contributed by atoms with Crippen molar-refractivity contribution in [2.24, 2.45) is 11.3 Å². The number of aliphatic hydroxyl groups excluding tert-OH is 1. The number of rotatable bonds is 5. The minimum Gasteiger partial charge on any atom is -0.392 e. The van der Waals surface area contributed by atoms with Gasteiger partial charge in [0.25, 0.3) is 0 Å². The molecule has 1 aromatic heterocycles. The summed E-state index contributed by atoms with van der Waals surface area (Å²) in [5.74, 6) is -0.382. The Kier molecular flexibility index (Phi) is 5.18. The molecule has 7 nitrogen and oxygen atoms in total. The first-order valence-corrected chi connectivity index (χ1v) is 11.9. The number of aliphatic hydroxyl groups is 1. The number of imidazole rings is 1. The Morgan fingerprint density at radius 2 is 2.14 bits per heavy atom. The van der Waals surface area contributed by atoms with E-state index in [4.69, 9.17) is 5.26 Å². The predicted octanol–water partition coefficient (Wildman–Crippen LogP) is 2.49. The zero-order chi connectivity index (χ0) is 20.8. The van der Waals surface area contributed by atoms with Crippen molar-refractivity contribution in [2.45, 2.75) is 51.7 Å². The molecule has 3 atom stereocenters. The number of aromatic nitrogens is 2. The van der Waals surface area contributed by atoms with Gasteiger partial charge in [-0.1, -0.05) is 19.1 Å². The summed E-state index contributed by atoms with van der Waals surface area (Å²) < 4.78 is 27.9. The summed E-state index contributed by atoms with van der Waals surface area (Å²) in [6.07, 6.45) is 10.7. The zero-order valence-electron chi connectivity index (χ0n) is 17.0. The second-order valence-electron chi connectivity index (χ2n) is 8.51. The standard InChI is InChI=1S/C21H28N4O3S/c1-3-4-5-16-15(2)18-13-23-14-25(18)19(16)17-12-21(20(17)26)6-9-24(10-7-21)29(27,28)11-8-22/h4-5,13-14,17,19-20,26H,3,6-7,9-12H2,1-2H3/b5-4-. The molecule has 156 valence electrons. The van der Waals surface area contributed by atoms with Crippen LogP contribution in [0.15, 0.2) is 30.2 Å². The van der Waals surface area contributed by atoms with E-state index in [1.54, 1.807) is 6.07 Å². The lowest BCUT2D eigenvalue weighted by Crippen LogP contribution is -2.60. The molecule has 1 aromatic rings. The maximum Gasteiger partial charge on any atom is 0.227 e. The second kappa shape index (κ2) is 7.38. The molecule has 1 saturated heterocycles. The highest BCUT2D eigenvalue weighted by Gasteiger charge is 2.58. The van der Waals surface area contributed by atoms with Crippen molar-refractivity contribution in [1.82, 2.24) is 13.9 Å². The quantitative estimate of drug-likeness (QED) is 0.795. The first-order chi connectivity index (χ1) is 13.8. The SMILES string of the molecule is CC/C=C\C1=C(C)c2cncn2C1C1CC2(CCN(S(=O)(=O)CC#N)CC2)C1O. The van der Waals surface area contributed by atoms with E-state index >= 15 is 0 Å². The van der Waals surface area contributed by atoms with Crippen molar-refractivity contribution in [3.63, 3.8) is 0 Å². The van der Waals surface area contributed by atoms with Crippen LogP contribution in [0.2, 0.25) is 0 Å². The minimum absolute atomic E-state index is 0.0799. The maximum atomic E-state index is 12.2. The number of nitriles is 1. The van der Waals surface area contributed by atoms with Gasteiger partial charge < -0.3 is 9.67 Å². The van der Waals surface area contributed by atoms with Crippen molar-refractivity contribution >= 4 is 15.6 Å². The van der Waals surface area contributed by atoms with Crippen molar-refractivity contribution in [2.75, 3.05) is 18.8 Å². The molecule has 1 spiro atoms. The highest BCUT2D eigenvalue weighted by atomic mass is 32.2. The molecule has 3 heterocycles. The molecule has 2 aliphatic heterocycles. The predicted molar refractivity (Wildman–Crippen MR) is 110 cm³/mol. The number of fused-ring (bicyclic) bond motifs is 1. The number of sulfonamides is 1. The van der Waals surface area contributed by atoms with Gasteiger partial charge in [0.1, 0.15) is 0 Å². The third kappa shape index (κ3) is 3.16. The third-order valence-corrected chi connectivity index (χ3v) is 8.72. The van der Waals surface area contributed by atoms with Gasteiger partial charge in [0.2, 0.25) is 10.0 Å². The molecule has 8 heteroatoms. The van der Waals surface area contributed by atoms with Crippen molar-refractivity contribution in [3.8, 4) is 6.07 Å². The molecule has 0 bridgehead atoms. The van der Waals surface area contributed by atoms with Crippen LogP contribution in [0.1, 0.15) is 51.3 Å². The molecule has 1 aliphatic carbocycles. The molecule has 0 radical (unpaired) electrons. The smallest absolute Gasteiger partial charge is 0.227 e. The Hall–Kier alpha value is -1.95. The molecule has 4 rings (SSSR count). The van der Waals surface area contributed by atoms with Gasteiger partial charge in [0.05, 0.1) is 36.4 Å². The zero-order valence-corrected chi connectivity index (χ0v) is 17.8. The summed E-state index contributed by atoms with van der Waals surface area (Å²) in [5, 5.41) is 20.0. The molecule has 1 N–H and O–H groups in total. The number of hydrogen-bond donors (Lipinski definition) is 1. The lowest BCUT2D eigenvalue weighted by Gasteiger charge is -2.57. The summed E-state index contributed by atoms with van der Waals surface area (Å²) >= 11 is 0. The Morgan fingerprint density at radius 3 is 2.76 bits per heavy atom. The topological polar surface area (TPSA) is 99.2 Å². The summed E-state index contributed by atoms with van der Waals surface area (Å²) in [4.78, 5) is 4.31. The van der Waals surface area contributed by atoms with Crippen LogP contribution in [0.25, 0.3) is 5.57 Å². The van der Waals surface area contributed by atoms with E-state index < -0.39 is 21.9 Å². The van der Waals surface area contributed by atoms with E-state index in [-0.39, 0.29) is 17.4 Å². The highest BCUT2D eigenvalue weighted by Crippen LogP contribution is 2.59. The van der Waals surface area contributed by atoms with E-state index in [2.05, 4.69) is 35.6 Å². The fourth-order valence-electron chi connectivity index (χ4n) is 5.40. The van der Waals surface area contributed by atoms with Crippen LogP contribution in [0.3, 0.4) is 0 Å². The number of piperidine rings is 1. The average molecular weight is 417 g/mol. The normalized spacial score (nSPS) is 29.2. The fourth-order valence-corrected chi connectivity index (χ4v) is 6.49. The lowest BCUT2D eigenvalue weighted by atomic mass is 9.53. The van der Waals surface area contributed by atoms with Gasteiger partial charge in [0, 0.05) is 19.0 Å². The van der Waals surface area contributed by atoms with E-state index in [1.807, 2.05) is 12.5 Å². The van der Waals surface area contributed by atoms with Crippen molar-refractivity contribution in [1.29, 1.82) is 5.26 Å². The van der Waals surface area contributed by atoms with E-state index in [0.29, 0.717) is 25.9 Å². The first-order valence-electron chi connectivity index (χ1n) is 10.3. The largest absolute Gasteiger partial charge is 0.392 e. The van der Waals surface area contributed by atoms with Crippen LogP contribution in [0.5, 0.6) is 0 Å². The highest BCUT2D eigenvalue weighted by molar-refractivity contribution is 7.89. The number of hydrogen-bond acceptors (Lipinski definition) is 5. The molecule has 3 aliphatic rings. The second-order valence-corrected chi connectivity index (χ2v) is 10.5. The van der Waals surface area contributed by atoms with Crippen LogP contribution >= 0.6 is 0 Å². The molecule has 2 fully saturated rings. The fraction of sp³-hybridized carbons (Fsp3) is 0.619. The Balaban J connectivity index is 1.51. The van der Waals surface area contributed by atoms with Gasteiger partial charge in [-0.2, -0.15) is 5.26 Å². The molecule has 3 unspecified atom stereocenters. The molecule has 29 heavy (non-hydrogen) atoms. The lowest BCUT2D eigenvalue weighted by molar-refractivity contribution is -0.152. The van der Waals surface area contributed by atoms with Gasteiger partial charge in [-0.05, 0) is 49.2 Å². The van der Waals surface area contributed by atoms with E-state index in [1.165, 1.54) is 15.5 Å². The van der Waals surface area contributed by atoms with Crippen LogP contribution in [-0.4, -0.2) is 52.3 Å². The molecular formula is C21H28N4O3S. The Labute approximate surface area is 172 Å². The number of nitrogens with zero attached hydrogens (tertiary/aromatic N) is 4. The number of allylic oxidation sites excluding steroid dienone is 4. The van der Waals surface area contributed by atoms with Crippen LogP contribution in [0, 0.1) is 22.7 Å². The third-order valence-electron chi connectivity index (χ3n) is 7.07. The van der Waals surface area contributed by atoms with Gasteiger partial charge >= 0.3 is 0 Å². The van der Waals surface area contributed by atoms with Crippen LogP contribution < -0.4 is 0 Å². The van der Waals surface area contributed by atoms with Gasteiger partial charge in [-0.25, -0.2) is 17.7 Å². The molecule has 0 amide bonds.